The second kappa shape index (κ2) is 18.5. The molecule has 0 spiro atoms. The smallest absolute Gasteiger partial charge is 0.284 e. The molecule has 2 unspecified atom stereocenters. The molecule has 7 nitrogen and oxygen atoms in total. The van der Waals surface area contributed by atoms with Crippen molar-refractivity contribution in [3.8, 4) is 11.5 Å². The molecule has 222 valence electrons. The molecule has 38 heavy (non-hydrogen) atoms. The minimum absolute atomic E-state index is 0.231. The molecule has 0 amide bonds. The largest absolute Gasteiger partial charge is 0.485 e. The molecule has 9 heteroatoms. The molecule has 1 aliphatic rings. The molecule has 1 aromatic heterocycles. The zero-order chi connectivity index (χ0) is 27.7. The Morgan fingerprint density at radius 2 is 1.47 bits per heavy atom. The summed E-state index contributed by atoms with van der Waals surface area (Å²) in [6, 6.07) is 0. The van der Waals surface area contributed by atoms with E-state index in [-0.39, 0.29) is 19.1 Å². The van der Waals surface area contributed by atoms with Gasteiger partial charge >= 0.3 is 0 Å². The molecule has 0 aliphatic carbocycles. The molecule has 2 atom stereocenters. The second-order valence-electron chi connectivity index (χ2n) is 10.7. The summed E-state index contributed by atoms with van der Waals surface area (Å²) in [6.45, 7) is 8.73. The van der Waals surface area contributed by atoms with Crippen LogP contribution in [0.15, 0.2) is 10.8 Å². The average molecular weight is 576 g/mol. The van der Waals surface area contributed by atoms with Crippen molar-refractivity contribution in [3.63, 3.8) is 0 Å². The standard InChI is InChI=1S/C29H53NO6S2/c1-4-7-9-11-13-15-19-30(20-16-14-12-10-8-5-2)29(17-6-3,38(31,32)33)18-21-34-22-26-23-35-27-24-37-25-28(27)36-26/h24-26H,4-23H2,1-3H3,(H,31,32,33). The van der Waals surface area contributed by atoms with Crippen LogP contribution in [0, 0.1) is 0 Å². The molecular weight excluding hydrogens is 522 g/mol. The number of hydrogen-bond donors (Lipinski definition) is 1. The fourth-order valence-corrected chi connectivity index (χ4v) is 7.31. The second-order valence-corrected chi connectivity index (χ2v) is 13.1. The van der Waals surface area contributed by atoms with Gasteiger partial charge in [-0.3, -0.25) is 9.45 Å². The first-order valence-corrected chi connectivity index (χ1v) is 17.4. The van der Waals surface area contributed by atoms with E-state index in [0.717, 1.165) is 37.2 Å². The van der Waals surface area contributed by atoms with Crippen LogP contribution in [0.1, 0.15) is 117 Å². The summed E-state index contributed by atoms with van der Waals surface area (Å²) in [5.41, 5.74) is 0. The number of nitrogens with zero attached hydrogens (tertiary/aromatic N) is 1. The average Bonchev–Trinajstić information content (AvgIpc) is 3.36. The summed E-state index contributed by atoms with van der Waals surface area (Å²) in [5, 5.41) is 3.83. The highest BCUT2D eigenvalue weighted by Crippen LogP contribution is 2.36. The number of rotatable bonds is 23. The Kier molecular flexibility index (Phi) is 16.2. The molecule has 1 aromatic rings. The van der Waals surface area contributed by atoms with Crippen molar-refractivity contribution < 1.29 is 27.2 Å². The van der Waals surface area contributed by atoms with Crippen molar-refractivity contribution in [1.82, 2.24) is 4.90 Å². The minimum Gasteiger partial charge on any atom is -0.485 e. The fraction of sp³-hybridized carbons (Fsp3) is 0.862. The zero-order valence-corrected chi connectivity index (χ0v) is 25.8. The van der Waals surface area contributed by atoms with Gasteiger partial charge in [-0.25, -0.2) is 0 Å². The molecule has 0 saturated carbocycles. The zero-order valence-electron chi connectivity index (χ0n) is 24.1. The van der Waals surface area contributed by atoms with Gasteiger partial charge < -0.3 is 14.2 Å². The lowest BCUT2D eigenvalue weighted by atomic mass is 10.0. The predicted molar refractivity (Wildman–Crippen MR) is 157 cm³/mol. The van der Waals surface area contributed by atoms with Gasteiger partial charge in [0, 0.05) is 23.8 Å². The van der Waals surface area contributed by atoms with E-state index >= 15 is 0 Å². The Bertz CT molecular complexity index is 830. The maximum absolute atomic E-state index is 13.1. The van der Waals surface area contributed by atoms with E-state index in [1.165, 1.54) is 62.7 Å². The maximum atomic E-state index is 13.1. The van der Waals surface area contributed by atoms with E-state index in [4.69, 9.17) is 14.2 Å². The van der Waals surface area contributed by atoms with Gasteiger partial charge in [0.1, 0.15) is 6.61 Å². The fourth-order valence-electron chi connectivity index (χ4n) is 5.33. The molecule has 0 aromatic carbocycles. The van der Waals surface area contributed by atoms with E-state index in [1.807, 2.05) is 17.7 Å². The number of hydrogen-bond acceptors (Lipinski definition) is 7. The summed E-state index contributed by atoms with van der Waals surface area (Å²) in [7, 11) is -4.34. The molecule has 2 heterocycles. The summed E-state index contributed by atoms with van der Waals surface area (Å²) in [5.74, 6) is 1.50. The van der Waals surface area contributed by atoms with Crippen LogP contribution in [0.5, 0.6) is 11.5 Å². The van der Waals surface area contributed by atoms with Gasteiger partial charge in [-0.05, 0) is 32.4 Å². The van der Waals surface area contributed by atoms with Crippen molar-refractivity contribution in [2.24, 2.45) is 0 Å². The van der Waals surface area contributed by atoms with E-state index in [2.05, 4.69) is 18.7 Å². The lowest BCUT2D eigenvalue weighted by Gasteiger charge is -2.42. The first-order valence-electron chi connectivity index (χ1n) is 15.0. The molecule has 1 aliphatic heterocycles. The number of ether oxygens (including phenoxy) is 3. The van der Waals surface area contributed by atoms with Gasteiger partial charge in [0.2, 0.25) is 0 Å². The Morgan fingerprint density at radius 3 is 2.05 bits per heavy atom. The van der Waals surface area contributed by atoms with Crippen LogP contribution in [0.3, 0.4) is 0 Å². The first kappa shape index (κ1) is 33.3. The Balaban J connectivity index is 2.02. The van der Waals surface area contributed by atoms with Crippen LogP contribution in [0.4, 0.5) is 0 Å². The summed E-state index contributed by atoms with van der Waals surface area (Å²) in [4.78, 5) is 0.756. The van der Waals surface area contributed by atoms with Crippen LogP contribution in [0.2, 0.25) is 0 Å². The van der Waals surface area contributed by atoms with Crippen molar-refractivity contribution >= 4 is 21.5 Å². The Hall–Kier alpha value is -0.870. The van der Waals surface area contributed by atoms with Crippen LogP contribution < -0.4 is 9.47 Å². The van der Waals surface area contributed by atoms with Crippen molar-refractivity contribution in [3.05, 3.63) is 10.8 Å². The number of unbranched alkanes of at least 4 members (excludes halogenated alkanes) is 10. The highest BCUT2D eigenvalue weighted by molar-refractivity contribution is 7.87. The van der Waals surface area contributed by atoms with E-state index in [0.29, 0.717) is 39.1 Å². The first-order chi connectivity index (χ1) is 18.4. The number of fused-ring (bicyclic) bond motifs is 1. The topological polar surface area (TPSA) is 85.3 Å². The van der Waals surface area contributed by atoms with Crippen LogP contribution in [-0.4, -0.2) is 61.8 Å². The van der Waals surface area contributed by atoms with Crippen LogP contribution >= 0.6 is 11.3 Å². The lowest BCUT2D eigenvalue weighted by Crippen LogP contribution is -2.55. The molecule has 0 saturated heterocycles. The third-order valence-electron chi connectivity index (χ3n) is 7.51. The molecule has 0 fully saturated rings. The third-order valence-corrected chi connectivity index (χ3v) is 9.84. The van der Waals surface area contributed by atoms with Gasteiger partial charge in [0.05, 0.1) is 6.61 Å². The highest BCUT2D eigenvalue weighted by atomic mass is 32.2. The van der Waals surface area contributed by atoms with Gasteiger partial charge in [-0.1, -0.05) is 91.4 Å². The normalized spacial score (nSPS) is 17.1. The predicted octanol–water partition coefficient (Wildman–Crippen LogP) is 7.70. The minimum atomic E-state index is -4.34. The van der Waals surface area contributed by atoms with E-state index < -0.39 is 15.0 Å². The SMILES string of the molecule is CCCCCCCCN(CCCCCCCC)C(CCC)(CCOCC1COc2cscc2O1)S(=O)(=O)O. The number of thiophene rings is 1. The molecular formula is C29H53NO6S2. The summed E-state index contributed by atoms with van der Waals surface area (Å²) in [6.07, 6.45) is 14.8. The van der Waals surface area contributed by atoms with Gasteiger partial charge in [-0.15, -0.1) is 11.3 Å². The lowest BCUT2D eigenvalue weighted by molar-refractivity contribution is -0.00175. The van der Waals surface area contributed by atoms with Gasteiger partial charge in [0.15, 0.2) is 22.5 Å². The Morgan fingerprint density at radius 1 is 0.895 bits per heavy atom. The van der Waals surface area contributed by atoms with Crippen molar-refractivity contribution in [1.29, 1.82) is 0 Å². The summed E-state index contributed by atoms with van der Waals surface area (Å²) >= 11 is 1.53. The monoisotopic (exact) mass is 575 g/mol. The van der Waals surface area contributed by atoms with E-state index in [1.54, 1.807) is 0 Å². The maximum Gasteiger partial charge on any atom is 0.284 e. The molecule has 0 radical (unpaired) electrons. The van der Waals surface area contributed by atoms with Crippen LogP contribution in [-0.2, 0) is 14.9 Å². The highest BCUT2D eigenvalue weighted by Gasteiger charge is 2.46. The third kappa shape index (κ3) is 11.0. The Labute approximate surface area is 236 Å². The quantitative estimate of drug-likeness (QED) is 0.106. The van der Waals surface area contributed by atoms with Crippen LogP contribution in [0.25, 0.3) is 0 Å². The van der Waals surface area contributed by atoms with Crippen molar-refractivity contribution in [2.45, 2.75) is 128 Å². The van der Waals surface area contributed by atoms with Gasteiger partial charge in [0.25, 0.3) is 10.1 Å². The van der Waals surface area contributed by atoms with Gasteiger partial charge in [-0.2, -0.15) is 8.42 Å². The molecule has 2 rings (SSSR count). The van der Waals surface area contributed by atoms with Crippen molar-refractivity contribution in [2.75, 3.05) is 32.9 Å². The van der Waals surface area contributed by atoms with E-state index in [9.17, 15) is 13.0 Å². The molecule has 0 bridgehead atoms. The summed E-state index contributed by atoms with van der Waals surface area (Å²) < 4.78 is 54.4. The molecule has 1 N–H and O–H groups in total.